The van der Waals surface area contributed by atoms with Crippen molar-refractivity contribution in [2.45, 2.75) is 32.6 Å². The molecule has 0 bridgehead atoms. The first-order chi connectivity index (χ1) is 11.7. The van der Waals surface area contributed by atoms with Crippen molar-refractivity contribution in [2.75, 3.05) is 13.2 Å². The van der Waals surface area contributed by atoms with Crippen molar-refractivity contribution in [3.05, 3.63) is 54.4 Å². The molecular formula is C19H24N2O3. The third-order valence-electron chi connectivity index (χ3n) is 3.69. The van der Waals surface area contributed by atoms with E-state index in [4.69, 9.17) is 4.74 Å². The summed E-state index contributed by atoms with van der Waals surface area (Å²) in [6.07, 6.45) is 8.24. The van der Waals surface area contributed by atoms with Crippen LogP contribution >= 0.6 is 0 Å². The molecule has 1 heterocycles. The number of nitrogens with one attached hydrogen (secondary N) is 1. The lowest BCUT2D eigenvalue weighted by atomic mass is 10.2. The molecule has 128 valence electrons. The zero-order valence-corrected chi connectivity index (χ0v) is 14.0. The molecule has 24 heavy (non-hydrogen) atoms. The molecule has 0 aliphatic carbocycles. The van der Waals surface area contributed by atoms with Gasteiger partial charge in [0, 0.05) is 24.6 Å². The molecule has 5 nitrogen and oxygen atoms in total. The number of aromatic nitrogens is 1. The fraction of sp³-hybridized carbons (Fsp3) is 0.368. The maximum atomic E-state index is 12.0. The average molecular weight is 328 g/mol. The van der Waals surface area contributed by atoms with Crippen LogP contribution in [0.2, 0.25) is 0 Å². The van der Waals surface area contributed by atoms with Crippen LogP contribution in [-0.2, 0) is 9.53 Å². The van der Waals surface area contributed by atoms with Crippen molar-refractivity contribution >= 4 is 11.9 Å². The van der Waals surface area contributed by atoms with Crippen molar-refractivity contribution in [2.24, 2.45) is 0 Å². The summed E-state index contributed by atoms with van der Waals surface area (Å²) in [4.78, 5) is 23.6. The number of amides is 1. The van der Waals surface area contributed by atoms with Gasteiger partial charge in [-0.2, -0.15) is 0 Å². The topological polar surface area (TPSA) is 60.3 Å². The second-order valence-electron chi connectivity index (χ2n) is 5.62. The van der Waals surface area contributed by atoms with Gasteiger partial charge in [-0.25, -0.2) is 4.79 Å². The first-order valence-corrected chi connectivity index (χ1v) is 8.38. The van der Waals surface area contributed by atoms with Gasteiger partial charge in [0.25, 0.3) is 5.91 Å². The standard InChI is InChI=1S/C19H24N2O3/c1-2-3-4-5-12-20-18(22)15-24-19(23)16-8-10-17(11-9-16)21-13-6-7-14-21/h6-11,13-14H,2-5,12,15H2,1H3,(H,20,22). The van der Waals surface area contributed by atoms with E-state index in [2.05, 4.69) is 12.2 Å². The summed E-state index contributed by atoms with van der Waals surface area (Å²) >= 11 is 0. The average Bonchev–Trinajstić information content (AvgIpc) is 3.14. The maximum absolute atomic E-state index is 12.0. The molecular weight excluding hydrogens is 304 g/mol. The summed E-state index contributed by atoms with van der Waals surface area (Å²) < 4.78 is 6.99. The molecule has 1 aromatic heterocycles. The normalized spacial score (nSPS) is 10.4. The lowest BCUT2D eigenvalue weighted by Gasteiger charge is -2.07. The highest BCUT2D eigenvalue weighted by molar-refractivity contribution is 5.91. The van der Waals surface area contributed by atoms with Gasteiger partial charge in [0.15, 0.2) is 6.61 Å². The molecule has 0 radical (unpaired) electrons. The highest BCUT2D eigenvalue weighted by Crippen LogP contribution is 2.10. The molecule has 1 amide bonds. The van der Waals surface area contributed by atoms with E-state index >= 15 is 0 Å². The number of hydrogen-bond acceptors (Lipinski definition) is 3. The highest BCUT2D eigenvalue weighted by Gasteiger charge is 2.10. The Morgan fingerprint density at radius 2 is 1.75 bits per heavy atom. The van der Waals surface area contributed by atoms with E-state index in [9.17, 15) is 9.59 Å². The van der Waals surface area contributed by atoms with Crippen molar-refractivity contribution in [1.82, 2.24) is 9.88 Å². The van der Waals surface area contributed by atoms with Crippen LogP contribution in [-0.4, -0.2) is 29.6 Å². The Hall–Kier alpha value is -2.56. The molecule has 0 atom stereocenters. The van der Waals surface area contributed by atoms with Crippen LogP contribution in [0.4, 0.5) is 0 Å². The highest BCUT2D eigenvalue weighted by atomic mass is 16.5. The molecule has 0 aliphatic rings. The third kappa shape index (κ3) is 5.57. The van der Waals surface area contributed by atoms with Gasteiger partial charge in [-0.1, -0.05) is 26.2 Å². The van der Waals surface area contributed by atoms with Crippen molar-refractivity contribution in [1.29, 1.82) is 0 Å². The smallest absolute Gasteiger partial charge is 0.338 e. The molecule has 0 saturated heterocycles. The molecule has 1 aromatic carbocycles. The number of nitrogens with zero attached hydrogens (tertiary/aromatic N) is 1. The zero-order chi connectivity index (χ0) is 17.2. The number of rotatable bonds is 9. The first-order valence-electron chi connectivity index (χ1n) is 8.38. The van der Waals surface area contributed by atoms with Gasteiger partial charge in [-0.05, 0) is 42.8 Å². The van der Waals surface area contributed by atoms with E-state index < -0.39 is 5.97 Å². The summed E-state index contributed by atoms with van der Waals surface area (Å²) in [5.74, 6) is -0.751. The van der Waals surface area contributed by atoms with Crippen LogP contribution in [0.5, 0.6) is 0 Å². The minimum absolute atomic E-state index is 0.244. The Bertz CT molecular complexity index is 633. The van der Waals surface area contributed by atoms with E-state index in [1.807, 2.05) is 41.2 Å². The van der Waals surface area contributed by atoms with Gasteiger partial charge in [-0.3, -0.25) is 4.79 Å². The SMILES string of the molecule is CCCCCCNC(=O)COC(=O)c1ccc(-n2cccc2)cc1. The van der Waals surface area contributed by atoms with Gasteiger partial charge in [0.2, 0.25) is 0 Å². The number of hydrogen-bond donors (Lipinski definition) is 1. The van der Waals surface area contributed by atoms with Gasteiger partial charge in [0.1, 0.15) is 0 Å². The fourth-order valence-electron chi connectivity index (χ4n) is 2.32. The summed E-state index contributed by atoms with van der Waals surface area (Å²) in [5.41, 5.74) is 1.39. The van der Waals surface area contributed by atoms with Crippen molar-refractivity contribution in [3.63, 3.8) is 0 Å². The Balaban J connectivity index is 1.73. The molecule has 0 aliphatic heterocycles. The Kier molecular flexibility index (Phi) is 7.08. The van der Waals surface area contributed by atoms with Crippen LogP contribution in [0.3, 0.4) is 0 Å². The van der Waals surface area contributed by atoms with Crippen LogP contribution in [0.25, 0.3) is 5.69 Å². The van der Waals surface area contributed by atoms with Gasteiger partial charge < -0.3 is 14.6 Å². The van der Waals surface area contributed by atoms with Crippen molar-refractivity contribution in [3.8, 4) is 5.69 Å². The number of benzene rings is 1. The fourth-order valence-corrected chi connectivity index (χ4v) is 2.32. The Labute approximate surface area is 142 Å². The van der Waals surface area contributed by atoms with Gasteiger partial charge in [-0.15, -0.1) is 0 Å². The minimum atomic E-state index is -0.491. The maximum Gasteiger partial charge on any atom is 0.338 e. The third-order valence-corrected chi connectivity index (χ3v) is 3.69. The molecule has 0 fully saturated rings. The summed E-state index contributed by atoms with van der Waals surface area (Å²) in [7, 11) is 0. The Morgan fingerprint density at radius 3 is 2.42 bits per heavy atom. The molecule has 2 aromatic rings. The minimum Gasteiger partial charge on any atom is -0.452 e. The molecule has 2 rings (SSSR count). The first kappa shape index (κ1) is 17.8. The quantitative estimate of drug-likeness (QED) is 0.567. The lowest BCUT2D eigenvalue weighted by molar-refractivity contribution is -0.124. The molecule has 0 unspecified atom stereocenters. The molecule has 0 spiro atoms. The van der Waals surface area contributed by atoms with Gasteiger partial charge in [0.05, 0.1) is 5.56 Å². The van der Waals surface area contributed by atoms with Crippen LogP contribution in [0.1, 0.15) is 43.0 Å². The molecule has 1 N–H and O–H groups in total. The van der Waals surface area contributed by atoms with Crippen molar-refractivity contribution < 1.29 is 14.3 Å². The van der Waals surface area contributed by atoms with Crippen LogP contribution < -0.4 is 5.32 Å². The predicted molar refractivity (Wildman–Crippen MR) is 93.2 cm³/mol. The summed E-state index contributed by atoms with van der Waals surface area (Å²) in [5, 5.41) is 2.76. The monoisotopic (exact) mass is 328 g/mol. The van der Waals surface area contributed by atoms with Crippen LogP contribution in [0, 0.1) is 0 Å². The Morgan fingerprint density at radius 1 is 1.04 bits per heavy atom. The van der Waals surface area contributed by atoms with E-state index in [0.717, 1.165) is 24.9 Å². The second-order valence-corrected chi connectivity index (χ2v) is 5.62. The predicted octanol–water partition coefficient (Wildman–Crippen LogP) is 3.33. The largest absolute Gasteiger partial charge is 0.452 e. The van der Waals surface area contributed by atoms with Crippen LogP contribution in [0.15, 0.2) is 48.8 Å². The summed E-state index contributed by atoms with van der Waals surface area (Å²) in [6, 6.07) is 10.9. The van der Waals surface area contributed by atoms with E-state index in [-0.39, 0.29) is 12.5 Å². The summed E-state index contributed by atoms with van der Waals surface area (Å²) in [6.45, 7) is 2.52. The van der Waals surface area contributed by atoms with E-state index in [0.29, 0.717) is 12.1 Å². The zero-order valence-electron chi connectivity index (χ0n) is 14.0. The van der Waals surface area contributed by atoms with E-state index in [1.54, 1.807) is 12.1 Å². The lowest BCUT2D eigenvalue weighted by Crippen LogP contribution is -2.29. The number of carbonyl (C=O) groups excluding carboxylic acids is 2. The molecule has 5 heteroatoms. The van der Waals surface area contributed by atoms with Gasteiger partial charge >= 0.3 is 5.97 Å². The number of ether oxygens (including phenoxy) is 1. The molecule has 0 saturated carbocycles. The second kappa shape index (κ2) is 9.55. The number of carbonyl (C=O) groups is 2. The number of esters is 1. The number of unbranched alkanes of at least 4 members (excludes halogenated alkanes) is 3. The van der Waals surface area contributed by atoms with E-state index in [1.165, 1.54) is 6.42 Å².